The maximum absolute atomic E-state index is 11.9. The van der Waals surface area contributed by atoms with Crippen LogP contribution in [0.2, 0.25) is 0 Å². The van der Waals surface area contributed by atoms with Crippen molar-refractivity contribution in [3.8, 4) is 0 Å². The first kappa shape index (κ1) is 14.7. The van der Waals surface area contributed by atoms with Gasteiger partial charge in [0, 0.05) is 11.8 Å². The van der Waals surface area contributed by atoms with Crippen LogP contribution in [-0.4, -0.2) is 10.9 Å². The number of amides is 1. The average molecular weight is 288 g/mol. The van der Waals surface area contributed by atoms with Crippen molar-refractivity contribution < 1.29 is 4.79 Å². The first-order valence-corrected chi connectivity index (χ1v) is 7.73. The average Bonchev–Trinajstić information content (AvgIpc) is 2.87. The van der Waals surface area contributed by atoms with Crippen LogP contribution in [0.15, 0.2) is 29.6 Å². The maximum Gasteiger partial charge on any atom is 0.226 e. The van der Waals surface area contributed by atoms with Crippen molar-refractivity contribution in [1.29, 1.82) is 0 Å². The monoisotopic (exact) mass is 288 g/mol. The molecular weight excluding hydrogens is 268 g/mol. The van der Waals surface area contributed by atoms with E-state index < -0.39 is 0 Å². The van der Waals surface area contributed by atoms with Gasteiger partial charge in [0.05, 0.1) is 5.69 Å². The van der Waals surface area contributed by atoms with Crippen molar-refractivity contribution in [1.82, 2.24) is 4.98 Å². The standard InChI is InChI=1S/C16H20N2OS/c1-11(2)14-10-20-16(17-14)18-15(19)9-8-13-6-4-12(3)5-7-13/h4-7,10-11H,8-9H2,1-3H3,(H,17,18,19). The predicted molar refractivity (Wildman–Crippen MR) is 84.3 cm³/mol. The number of benzene rings is 1. The number of nitrogens with one attached hydrogen (secondary N) is 1. The molecule has 0 saturated heterocycles. The number of aryl methyl sites for hydroxylation is 2. The van der Waals surface area contributed by atoms with Crippen LogP contribution < -0.4 is 5.32 Å². The molecule has 2 rings (SSSR count). The number of nitrogens with zero attached hydrogens (tertiary/aromatic N) is 1. The molecule has 0 fully saturated rings. The first-order valence-electron chi connectivity index (χ1n) is 6.85. The van der Waals surface area contributed by atoms with E-state index in [-0.39, 0.29) is 5.91 Å². The van der Waals surface area contributed by atoms with E-state index in [2.05, 4.69) is 55.3 Å². The van der Waals surface area contributed by atoms with Gasteiger partial charge in [0.1, 0.15) is 0 Å². The van der Waals surface area contributed by atoms with Gasteiger partial charge in [0.25, 0.3) is 0 Å². The minimum absolute atomic E-state index is 0.0234. The van der Waals surface area contributed by atoms with E-state index in [4.69, 9.17) is 0 Å². The second-order valence-electron chi connectivity index (χ2n) is 5.27. The summed E-state index contributed by atoms with van der Waals surface area (Å²) in [6.07, 6.45) is 1.24. The molecule has 0 aliphatic carbocycles. The summed E-state index contributed by atoms with van der Waals surface area (Å²) in [6.45, 7) is 6.25. The molecule has 106 valence electrons. The lowest BCUT2D eigenvalue weighted by molar-refractivity contribution is -0.116. The summed E-state index contributed by atoms with van der Waals surface area (Å²) >= 11 is 1.49. The molecule has 1 heterocycles. The molecule has 1 aromatic heterocycles. The zero-order valence-electron chi connectivity index (χ0n) is 12.1. The summed E-state index contributed by atoms with van der Waals surface area (Å²) < 4.78 is 0. The van der Waals surface area contributed by atoms with Gasteiger partial charge in [0.2, 0.25) is 5.91 Å². The lowest BCUT2D eigenvalue weighted by atomic mass is 10.1. The van der Waals surface area contributed by atoms with E-state index in [0.29, 0.717) is 17.5 Å². The van der Waals surface area contributed by atoms with Crippen molar-refractivity contribution >= 4 is 22.4 Å². The summed E-state index contributed by atoms with van der Waals surface area (Å²) in [5.41, 5.74) is 3.46. The van der Waals surface area contributed by atoms with Gasteiger partial charge in [0.15, 0.2) is 5.13 Å². The number of carbonyl (C=O) groups excluding carboxylic acids is 1. The predicted octanol–water partition coefficient (Wildman–Crippen LogP) is 4.15. The Morgan fingerprint density at radius 2 is 2.00 bits per heavy atom. The van der Waals surface area contributed by atoms with Crippen LogP contribution in [0.25, 0.3) is 0 Å². The van der Waals surface area contributed by atoms with E-state index in [1.807, 2.05) is 5.38 Å². The van der Waals surface area contributed by atoms with Crippen LogP contribution in [0.5, 0.6) is 0 Å². The zero-order chi connectivity index (χ0) is 14.5. The fourth-order valence-corrected chi connectivity index (χ4v) is 2.69. The first-order chi connectivity index (χ1) is 9.54. The number of carbonyl (C=O) groups is 1. The third kappa shape index (κ3) is 4.17. The van der Waals surface area contributed by atoms with Crippen LogP contribution in [-0.2, 0) is 11.2 Å². The van der Waals surface area contributed by atoms with Crippen LogP contribution in [0.1, 0.15) is 43.0 Å². The van der Waals surface area contributed by atoms with E-state index in [1.54, 1.807) is 0 Å². The molecule has 20 heavy (non-hydrogen) atoms. The second-order valence-corrected chi connectivity index (χ2v) is 6.12. The van der Waals surface area contributed by atoms with Gasteiger partial charge in [-0.2, -0.15) is 0 Å². The van der Waals surface area contributed by atoms with Crippen molar-refractivity contribution in [3.63, 3.8) is 0 Å². The summed E-state index contributed by atoms with van der Waals surface area (Å²) in [4.78, 5) is 16.3. The molecule has 1 amide bonds. The Bertz CT molecular complexity index is 572. The molecule has 0 unspecified atom stereocenters. The molecule has 0 aliphatic heterocycles. The lowest BCUT2D eigenvalue weighted by Crippen LogP contribution is -2.12. The second kappa shape index (κ2) is 6.66. The van der Waals surface area contributed by atoms with Gasteiger partial charge >= 0.3 is 0 Å². The number of thiazole rings is 1. The molecule has 0 atom stereocenters. The fourth-order valence-electron chi connectivity index (χ4n) is 1.80. The van der Waals surface area contributed by atoms with E-state index in [0.717, 1.165) is 12.1 Å². The van der Waals surface area contributed by atoms with Crippen molar-refractivity contribution in [2.24, 2.45) is 0 Å². The molecule has 0 saturated carbocycles. The van der Waals surface area contributed by atoms with E-state index in [9.17, 15) is 4.79 Å². The smallest absolute Gasteiger partial charge is 0.226 e. The Kier molecular flexibility index (Phi) is 4.90. The number of hydrogen-bond donors (Lipinski definition) is 1. The van der Waals surface area contributed by atoms with Gasteiger partial charge in [-0.25, -0.2) is 4.98 Å². The van der Waals surface area contributed by atoms with Gasteiger partial charge in [-0.3, -0.25) is 4.79 Å². The molecule has 2 aromatic rings. The molecule has 1 aromatic carbocycles. The highest BCUT2D eigenvalue weighted by atomic mass is 32.1. The Hall–Kier alpha value is -1.68. The van der Waals surface area contributed by atoms with E-state index >= 15 is 0 Å². The topological polar surface area (TPSA) is 42.0 Å². The van der Waals surface area contributed by atoms with Crippen molar-refractivity contribution in [3.05, 3.63) is 46.5 Å². The number of hydrogen-bond acceptors (Lipinski definition) is 3. The van der Waals surface area contributed by atoms with Gasteiger partial charge < -0.3 is 5.32 Å². The molecule has 0 spiro atoms. The highest BCUT2D eigenvalue weighted by Gasteiger charge is 2.08. The minimum atomic E-state index is 0.0234. The van der Waals surface area contributed by atoms with Gasteiger partial charge in [-0.05, 0) is 24.8 Å². The third-order valence-electron chi connectivity index (χ3n) is 3.12. The summed E-state index contributed by atoms with van der Waals surface area (Å²) in [5.74, 6) is 0.416. The maximum atomic E-state index is 11.9. The Morgan fingerprint density at radius 1 is 1.30 bits per heavy atom. The van der Waals surface area contributed by atoms with Crippen LogP contribution in [0.4, 0.5) is 5.13 Å². The highest BCUT2D eigenvalue weighted by molar-refractivity contribution is 7.13. The number of anilines is 1. The van der Waals surface area contributed by atoms with Crippen LogP contribution in [0, 0.1) is 6.92 Å². The Labute approximate surface area is 124 Å². The third-order valence-corrected chi connectivity index (χ3v) is 3.90. The molecular formula is C16H20N2OS. The molecule has 0 bridgehead atoms. The van der Waals surface area contributed by atoms with Crippen molar-refractivity contribution in [2.45, 2.75) is 39.5 Å². The molecule has 3 nitrogen and oxygen atoms in total. The molecule has 4 heteroatoms. The van der Waals surface area contributed by atoms with Gasteiger partial charge in [-0.1, -0.05) is 43.7 Å². The quantitative estimate of drug-likeness (QED) is 0.898. The van der Waals surface area contributed by atoms with Crippen LogP contribution in [0.3, 0.4) is 0 Å². The molecule has 0 aliphatic rings. The Morgan fingerprint density at radius 3 is 2.60 bits per heavy atom. The largest absolute Gasteiger partial charge is 0.302 e. The highest BCUT2D eigenvalue weighted by Crippen LogP contribution is 2.21. The van der Waals surface area contributed by atoms with Crippen LogP contribution >= 0.6 is 11.3 Å². The number of aromatic nitrogens is 1. The van der Waals surface area contributed by atoms with Crippen molar-refractivity contribution in [2.75, 3.05) is 5.32 Å². The summed E-state index contributed by atoms with van der Waals surface area (Å²) in [6, 6.07) is 8.29. The van der Waals surface area contributed by atoms with E-state index in [1.165, 1.54) is 22.5 Å². The Balaban J connectivity index is 1.84. The number of rotatable bonds is 5. The van der Waals surface area contributed by atoms with Gasteiger partial charge in [-0.15, -0.1) is 11.3 Å². The SMILES string of the molecule is Cc1ccc(CCC(=O)Nc2nc(C(C)C)cs2)cc1. The molecule has 1 N–H and O–H groups in total. The zero-order valence-corrected chi connectivity index (χ0v) is 13.0. The molecule has 0 radical (unpaired) electrons. The summed E-state index contributed by atoms with van der Waals surface area (Å²) in [5, 5.41) is 5.56. The normalized spacial score (nSPS) is 10.8. The summed E-state index contributed by atoms with van der Waals surface area (Å²) in [7, 11) is 0. The minimum Gasteiger partial charge on any atom is -0.302 e. The lowest BCUT2D eigenvalue weighted by Gasteiger charge is -2.03. The fraction of sp³-hybridized carbons (Fsp3) is 0.375.